The Morgan fingerprint density at radius 3 is 1.09 bits per heavy atom. The molecule has 0 unspecified atom stereocenters. The molecule has 0 atom stereocenters. The van der Waals surface area contributed by atoms with E-state index in [0.29, 0.717) is 0 Å². The molecular formula is C8H9ClN2. The van der Waals surface area contributed by atoms with Gasteiger partial charge in [0, 0.05) is 12.2 Å². The van der Waals surface area contributed by atoms with Gasteiger partial charge in [0.05, 0.1) is 12.1 Å². The molecule has 0 aromatic rings. The smallest absolute Gasteiger partial charge is 0.0905 e. The van der Waals surface area contributed by atoms with Gasteiger partial charge in [-0.25, -0.2) is 0 Å². The molecule has 0 rings (SSSR count). The Hall–Kier alpha value is -1.51. The first-order valence-corrected chi connectivity index (χ1v) is 2.90. The SMILES string of the molecule is C=CC#N.C=CC#N.C=CCl. The van der Waals surface area contributed by atoms with Crippen LogP contribution in [0.5, 0.6) is 0 Å². The quantitative estimate of drug-likeness (QED) is 0.522. The lowest BCUT2D eigenvalue weighted by atomic mass is 10.8. The Balaban J connectivity index is -0.0000000886. The van der Waals surface area contributed by atoms with Crippen LogP contribution >= 0.6 is 11.6 Å². The van der Waals surface area contributed by atoms with E-state index in [0.717, 1.165) is 0 Å². The van der Waals surface area contributed by atoms with Crippen LogP contribution in [0.1, 0.15) is 0 Å². The second kappa shape index (κ2) is 39.1. The maximum atomic E-state index is 7.51. The molecule has 0 bridgehead atoms. The second-order valence-corrected chi connectivity index (χ2v) is 1.13. The molecule has 11 heavy (non-hydrogen) atoms. The number of hydrogen-bond donors (Lipinski definition) is 0. The van der Waals surface area contributed by atoms with E-state index < -0.39 is 0 Å². The first-order valence-electron chi connectivity index (χ1n) is 2.47. The number of rotatable bonds is 0. The van der Waals surface area contributed by atoms with Crippen molar-refractivity contribution in [3.05, 3.63) is 37.4 Å². The minimum Gasteiger partial charge on any atom is -0.193 e. The second-order valence-electron chi connectivity index (χ2n) is 0.821. The van der Waals surface area contributed by atoms with Crippen molar-refractivity contribution in [2.45, 2.75) is 0 Å². The van der Waals surface area contributed by atoms with Crippen molar-refractivity contribution >= 4 is 11.6 Å². The van der Waals surface area contributed by atoms with Crippen LogP contribution in [0.2, 0.25) is 0 Å². The summed E-state index contributed by atoms with van der Waals surface area (Å²) in [5, 5.41) is 15.0. The highest BCUT2D eigenvalue weighted by atomic mass is 35.5. The topological polar surface area (TPSA) is 47.6 Å². The average molecular weight is 169 g/mol. The molecule has 3 heteroatoms. The molecule has 0 aromatic carbocycles. The van der Waals surface area contributed by atoms with Gasteiger partial charge in [0.2, 0.25) is 0 Å². The minimum absolute atomic E-state index is 1.18. The zero-order valence-electron chi connectivity index (χ0n) is 6.13. The Morgan fingerprint density at radius 2 is 1.09 bits per heavy atom. The molecule has 0 spiro atoms. The third-order valence-corrected chi connectivity index (χ3v) is 0.183. The van der Waals surface area contributed by atoms with Crippen LogP contribution in [0, 0.1) is 22.7 Å². The van der Waals surface area contributed by atoms with Crippen molar-refractivity contribution in [3.63, 3.8) is 0 Å². The summed E-state index contributed by atoms with van der Waals surface area (Å²) >= 11 is 4.76. The molecule has 58 valence electrons. The van der Waals surface area contributed by atoms with Crippen LogP contribution in [0.25, 0.3) is 0 Å². The zero-order chi connectivity index (χ0) is 9.54. The molecule has 0 N–H and O–H groups in total. The maximum absolute atomic E-state index is 7.51. The number of allylic oxidation sites excluding steroid dienone is 2. The number of nitriles is 2. The van der Waals surface area contributed by atoms with Gasteiger partial charge < -0.3 is 0 Å². The lowest BCUT2D eigenvalue weighted by Gasteiger charge is -1.31. The zero-order valence-corrected chi connectivity index (χ0v) is 6.88. The molecule has 0 aromatic heterocycles. The Kier molecular flexibility index (Phi) is 57.7. The lowest BCUT2D eigenvalue weighted by molar-refractivity contribution is 1.54. The number of nitrogens with zero attached hydrogens (tertiary/aromatic N) is 2. The first kappa shape index (κ1) is 16.2. The number of hydrogen-bond acceptors (Lipinski definition) is 2. The predicted molar refractivity (Wildman–Crippen MR) is 47.7 cm³/mol. The Morgan fingerprint density at radius 1 is 1.00 bits per heavy atom. The van der Waals surface area contributed by atoms with Gasteiger partial charge in [-0.3, -0.25) is 0 Å². The van der Waals surface area contributed by atoms with Gasteiger partial charge in [0.25, 0.3) is 0 Å². The van der Waals surface area contributed by atoms with E-state index >= 15 is 0 Å². The van der Waals surface area contributed by atoms with Crippen LogP contribution in [0.3, 0.4) is 0 Å². The highest BCUT2D eigenvalue weighted by molar-refractivity contribution is 6.25. The fraction of sp³-hybridized carbons (Fsp3) is 0. The van der Waals surface area contributed by atoms with Crippen molar-refractivity contribution in [3.8, 4) is 12.1 Å². The fourth-order valence-corrected chi connectivity index (χ4v) is 0. The summed E-state index contributed by atoms with van der Waals surface area (Å²) in [4.78, 5) is 0. The average Bonchev–Trinajstić information content (AvgIpc) is 2.06. The highest BCUT2D eigenvalue weighted by Gasteiger charge is 1.34. The largest absolute Gasteiger partial charge is 0.193 e. The van der Waals surface area contributed by atoms with E-state index in [-0.39, 0.29) is 0 Å². The monoisotopic (exact) mass is 168 g/mol. The van der Waals surface area contributed by atoms with E-state index in [1.54, 1.807) is 12.1 Å². The van der Waals surface area contributed by atoms with E-state index in [2.05, 4.69) is 19.7 Å². The lowest BCUT2D eigenvalue weighted by Crippen LogP contribution is -1.23. The molecule has 0 saturated heterocycles. The molecule has 0 aliphatic carbocycles. The third-order valence-electron chi connectivity index (χ3n) is 0.183. The van der Waals surface area contributed by atoms with Crippen LogP contribution in [-0.4, -0.2) is 0 Å². The fourth-order valence-electron chi connectivity index (χ4n) is 0. The van der Waals surface area contributed by atoms with Gasteiger partial charge in [0.1, 0.15) is 0 Å². The summed E-state index contributed by atoms with van der Waals surface area (Å²) in [6.45, 7) is 9.36. The predicted octanol–water partition coefficient (Wildman–Crippen LogP) is 2.76. The summed E-state index contributed by atoms with van der Waals surface area (Å²) in [6, 6.07) is 3.39. The van der Waals surface area contributed by atoms with Crippen molar-refractivity contribution in [2.75, 3.05) is 0 Å². The van der Waals surface area contributed by atoms with Crippen LogP contribution in [-0.2, 0) is 0 Å². The first-order chi connectivity index (χ1) is 5.24. The molecule has 0 saturated carbocycles. The van der Waals surface area contributed by atoms with E-state index in [4.69, 9.17) is 22.1 Å². The Bertz CT molecular complexity index is 154. The third kappa shape index (κ3) is 1490. The van der Waals surface area contributed by atoms with Gasteiger partial charge in [-0.15, -0.1) is 0 Å². The minimum atomic E-state index is 1.18. The standard InChI is InChI=1S/2C3H3N.C2H3Cl/c2*1-2-3-4;1-2-3/h2*2H,1H2;2H,1H2. The van der Waals surface area contributed by atoms with Gasteiger partial charge in [-0.2, -0.15) is 10.5 Å². The van der Waals surface area contributed by atoms with Crippen molar-refractivity contribution < 1.29 is 0 Å². The van der Waals surface area contributed by atoms with Crippen LogP contribution in [0.15, 0.2) is 37.4 Å². The molecule has 0 amide bonds. The van der Waals surface area contributed by atoms with Gasteiger partial charge in [0.15, 0.2) is 0 Å². The van der Waals surface area contributed by atoms with Crippen molar-refractivity contribution in [1.29, 1.82) is 10.5 Å². The van der Waals surface area contributed by atoms with Gasteiger partial charge in [-0.1, -0.05) is 31.3 Å². The number of halogens is 1. The van der Waals surface area contributed by atoms with E-state index in [1.165, 1.54) is 17.7 Å². The molecule has 0 fully saturated rings. The normalized spacial score (nSPS) is 3.91. The molecule has 0 radical (unpaired) electrons. The molecule has 0 aliphatic heterocycles. The van der Waals surface area contributed by atoms with Gasteiger partial charge in [-0.05, 0) is 5.54 Å². The van der Waals surface area contributed by atoms with Crippen molar-refractivity contribution in [1.82, 2.24) is 0 Å². The molecule has 0 aliphatic rings. The maximum Gasteiger partial charge on any atom is 0.0905 e. The summed E-state index contributed by atoms with van der Waals surface area (Å²) in [5.41, 5.74) is 1.22. The van der Waals surface area contributed by atoms with E-state index in [9.17, 15) is 0 Å². The molecular weight excluding hydrogens is 160 g/mol. The van der Waals surface area contributed by atoms with E-state index in [1.807, 2.05) is 0 Å². The summed E-state index contributed by atoms with van der Waals surface area (Å²) in [5.74, 6) is 0. The van der Waals surface area contributed by atoms with Crippen LogP contribution in [0.4, 0.5) is 0 Å². The highest BCUT2D eigenvalue weighted by Crippen LogP contribution is 1.60. The van der Waals surface area contributed by atoms with Crippen molar-refractivity contribution in [2.24, 2.45) is 0 Å². The van der Waals surface area contributed by atoms with Gasteiger partial charge >= 0.3 is 0 Å². The molecule has 0 heterocycles. The summed E-state index contributed by atoms with van der Waals surface area (Å²) in [7, 11) is 0. The summed E-state index contributed by atoms with van der Waals surface area (Å²) < 4.78 is 0. The molecule has 2 nitrogen and oxygen atoms in total. The van der Waals surface area contributed by atoms with Crippen LogP contribution < -0.4 is 0 Å². The summed E-state index contributed by atoms with van der Waals surface area (Å²) in [6.07, 6.45) is 2.36. The Labute approximate surface area is 72.3 Å².